The number of rotatable bonds is 14. The molecule has 0 saturated carbocycles. The molecule has 1 unspecified atom stereocenters. The third kappa shape index (κ3) is 7.75. The standard InChI is InChI=1S/C31H40O2/c1-4-6-8-12-24-33-29-21-19-28(20-22-29)31-14-10-9-13-30(31)27-17-15-26(16-18-27)25(3)32-23-11-7-5-2/h9-10,13-22,25H,4-8,11-12,23-24H2,1-3H3. The summed E-state index contributed by atoms with van der Waals surface area (Å²) in [6, 6.07) is 26.0. The summed E-state index contributed by atoms with van der Waals surface area (Å²) in [4.78, 5) is 0. The van der Waals surface area contributed by atoms with E-state index in [2.05, 4.69) is 93.6 Å². The second kappa shape index (κ2) is 13.9. The molecule has 0 bridgehead atoms. The average molecular weight is 445 g/mol. The Balaban J connectivity index is 1.66. The summed E-state index contributed by atoms with van der Waals surface area (Å²) >= 11 is 0. The third-order valence-corrected chi connectivity index (χ3v) is 6.17. The lowest BCUT2D eigenvalue weighted by Gasteiger charge is -2.15. The molecule has 3 aromatic carbocycles. The molecule has 0 aromatic heterocycles. The summed E-state index contributed by atoms with van der Waals surface area (Å²) in [5.74, 6) is 0.949. The molecule has 2 nitrogen and oxygen atoms in total. The fourth-order valence-electron chi connectivity index (χ4n) is 4.08. The van der Waals surface area contributed by atoms with Gasteiger partial charge in [0.05, 0.1) is 12.7 Å². The molecule has 3 rings (SSSR count). The normalized spacial score (nSPS) is 12.0. The summed E-state index contributed by atoms with van der Waals surface area (Å²) in [5, 5.41) is 0. The Kier molecular flexibility index (Phi) is 10.5. The highest BCUT2D eigenvalue weighted by molar-refractivity contribution is 5.83. The van der Waals surface area contributed by atoms with Crippen molar-refractivity contribution in [3.8, 4) is 28.0 Å². The van der Waals surface area contributed by atoms with Crippen molar-refractivity contribution in [2.24, 2.45) is 0 Å². The van der Waals surface area contributed by atoms with Crippen molar-refractivity contribution in [3.63, 3.8) is 0 Å². The first-order valence-electron chi connectivity index (χ1n) is 12.8. The van der Waals surface area contributed by atoms with Gasteiger partial charge in [0.15, 0.2) is 0 Å². The number of ether oxygens (including phenoxy) is 2. The fraction of sp³-hybridized carbons (Fsp3) is 0.419. The SMILES string of the molecule is CCCCCCOc1ccc(-c2ccccc2-c2ccc(C(C)OCCCCC)cc2)cc1. The molecule has 0 fully saturated rings. The summed E-state index contributed by atoms with van der Waals surface area (Å²) < 4.78 is 11.9. The highest BCUT2D eigenvalue weighted by Gasteiger charge is 2.10. The molecule has 0 amide bonds. The van der Waals surface area contributed by atoms with Crippen molar-refractivity contribution in [1.29, 1.82) is 0 Å². The second-order valence-electron chi connectivity index (χ2n) is 8.82. The van der Waals surface area contributed by atoms with Gasteiger partial charge in [0, 0.05) is 6.61 Å². The Morgan fingerprint density at radius 1 is 0.606 bits per heavy atom. The number of hydrogen-bond donors (Lipinski definition) is 0. The summed E-state index contributed by atoms with van der Waals surface area (Å²) in [6.07, 6.45) is 8.61. The van der Waals surface area contributed by atoms with Crippen LogP contribution < -0.4 is 4.74 Å². The van der Waals surface area contributed by atoms with E-state index in [1.807, 2.05) is 0 Å². The largest absolute Gasteiger partial charge is 0.494 e. The van der Waals surface area contributed by atoms with Gasteiger partial charge in [0.25, 0.3) is 0 Å². The van der Waals surface area contributed by atoms with E-state index in [1.54, 1.807) is 0 Å². The number of hydrogen-bond acceptors (Lipinski definition) is 2. The minimum absolute atomic E-state index is 0.126. The van der Waals surface area contributed by atoms with Crippen LogP contribution in [0.25, 0.3) is 22.3 Å². The molecule has 0 N–H and O–H groups in total. The van der Waals surface area contributed by atoms with Gasteiger partial charge < -0.3 is 9.47 Å². The molecule has 0 radical (unpaired) electrons. The van der Waals surface area contributed by atoms with Crippen LogP contribution in [-0.2, 0) is 4.74 Å². The van der Waals surface area contributed by atoms with E-state index < -0.39 is 0 Å². The second-order valence-corrected chi connectivity index (χ2v) is 8.82. The molecule has 0 aliphatic heterocycles. The first-order valence-corrected chi connectivity index (χ1v) is 12.8. The lowest BCUT2D eigenvalue weighted by molar-refractivity contribution is 0.0630. The van der Waals surface area contributed by atoms with Gasteiger partial charge in [-0.3, -0.25) is 0 Å². The van der Waals surface area contributed by atoms with E-state index >= 15 is 0 Å². The average Bonchev–Trinajstić information content (AvgIpc) is 2.87. The quantitative estimate of drug-likeness (QED) is 0.231. The maximum atomic E-state index is 6.02. The fourth-order valence-corrected chi connectivity index (χ4v) is 4.08. The zero-order chi connectivity index (χ0) is 23.3. The lowest BCUT2D eigenvalue weighted by atomic mass is 9.94. The van der Waals surface area contributed by atoms with Gasteiger partial charge in [0.1, 0.15) is 5.75 Å². The summed E-state index contributed by atoms with van der Waals surface area (Å²) in [6.45, 7) is 8.22. The Bertz CT molecular complexity index is 928. The summed E-state index contributed by atoms with van der Waals surface area (Å²) in [5.41, 5.74) is 6.15. The molecular weight excluding hydrogens is 404 g/mol. The smallest absolute Gasteiger partial charge is 0.119 e. The van der Waals surface area contributed by atoms with Crippen LogP contribution >= 0.6 is 0 Å². The van der Waals surface area contributed by atoms with Gasteiger partial charge in [-0.25, -0.2) is 0 Å². The van der Waals surface area contributed by atoms with Crippen LogP contribution in [0.5, 0.6) is 5.75 Å². The zero-order valence-corrected chi connectivity index (χ0v) is 20.7. The van der Waals surface area contributed by atoms with Gasteiger partial charge in [-0.05, 0) is 59.7 Å². The van der Waals surface area contributed by atoms with Crippen molar-refractivity contribution < 1.29 is 9.47 Å². The molecule has 3 aromatic rings. The minimum atomic E-state index is 0.126. The first kappa shape index (κ1) is 25.1. The minimum Gasteiger partial charge on any atom is -0.494 e. The highest BCUT2D eigenvalue weighted by atomic mass is 16.5. The van der Waals surface area contributed by atoms with Gasteiger partial charge >= 0.3 is 0 Å². The Labute approximate surface area is 201 Å². The van der Waals surface area contributed by atoms with E-state index in [4.69, 9.17) is 9.47 Å². The van der Waals surface area contributed by atoms with E-state index in [0.717, 1.165) is 31.8 Å². The van der Waals surface area contributed by atoms with Crippen LogP contribution in [-0.4, -0.2) is 13.2 Å². The lowest BCUT2D eigenvalue weighted by Crippen LogP contribution is -2.01. The number of unbranched alkanes of at least 4 members (excludes halogenated alkanes) is 5. The molecule has 0 spiro atoms. The van der Waals surface area contributed by atoms with Gasteiger partial charge in [-0.2, -0.15) is 0 Å². The van der Waals surface area contributed by atoms with Crippen LogP contribution in [0.1, 0.15) is 77.4 Å². The molecule has 0 heterocycles. The topological polar surface area (TPSA) is 18.5 Å². The predicted molar refractivity (Wildman–Crippen MR) is 141 cm³/mol. The molecule has 0 saturated heterocycles. The Hall–Kier alpha value is -2.58. The zero-order valence-electron chi connectivity index (χ0n) is 20.7. The third-order valence-electron chi connectivity index (χ3n) is 6.17. The van der Waals surface area contributed by atoms with Gasteiger partial charge in [-0.1, -0.05) is 107 Å². The monoisotopic (exact) mass is 444 g/mol. The Morgan fingerprint density at radius 3 is 1.76 bits per heavy atom. The van der Waals surface area contributed by atoms with Crippen molar-refractivity contribution in [3.05, 3.63) is 78.4 Å². The maximum Gasteiger partial charge on any atom is 0.119 e. The molecule has 0 aliphatic carbocycles. The molecule has 33 heavy (non-hydrogen) atoms. The molecule has 1 atom stereocenters. The molecule has 0 aliphatic rings. The first-order chi connectivity index (χ1) is 16.2. The van der Waals surface area contributed by atoms with Crippen molar-refractivity contribution in [2.75, 3.05) is 13.2 Å². The van der Waals surface area contributed by atoms with Crippen LogP contribution in [0.3, 0.4) is 0 Å². The molecule has 2 heteroatoms. The van der Waals surface area contributed by atoms with Crippen molar-refractivity contribution in [1.82, 2.24) is 0 Å². The highest BCUT2D eigenvalue weighted by Crippen LogP contribution is 2.33. The van der Waals surface area contributed by atoms with Crippen LogP contribution in [0, 0.1) is 0 Å². The molecular formula is C31H40O2. The number of benzene rings is 3. The molecule has 176 valence electrons. The van der Waals surface area contributed by atoms with Crippen LogP contribution in [0.2, 0.25) is 0 Å². The van der Waals surface area contributed by atoms with Crippen LogP contribution in [0.15, 0.2) is 72.8 Å². The van der Waals surface area contributed by atoms with Crippen molar-refractivity contribution in [2.45, 2.75) is 71.8 Å². The summed E-state index contributed by atoms with van der Waals surface area (Å²) in [7, 11) is 0. The van der Waals surface area contributed by atoms with Gasteiger partial charge in [-0.15, -0.1) is 0 Å². The van der Waals surface area contributed by atoms with Crippen LogP contribution in [0.4, 0.5) is 0 Å². The van der Waals surface area contributed by atoms with E-state index in [0.29, 0.717) is 0 Å². The van der Waals surface area contributed by atoms with E-state index in [9.17, 15) is 0 Å². The van der Waals surface area contributed by atoms with E-state index in [1.165, 1.54) is 59.9 Å². The van der Waals surface area contributed by atoms with E-state index in [-0.39, 0.29) is 6.10 Å². The van der Waals surface area contributed by atoms with Crippen molar-refractivity contribution >= 4 is 0 Å². The van der Waals surface area contributed by atoms with Gasteiger partial charge in [0.2, 0.25) is 0 Å². The maximum absolute atomic E-state index is 6.02. The predicted octanol–water partition coefficient (Wildman–Crippen LogP) is 9.25. The Morgan fingerprint density at radius 2 is 1.15 bits per heavy atom.